The van der Waals surface area contributed by atoms with E-state index in [0.29, 0.717) is 23.6 Å². The van der Waals surface area contributed by atoms with Crippen LogP contribution in [0.1, 0.15) is 25.7 Å². The van der Waals surface area contributed by atoms with E-state index in [9.17, 15) is 9.59 Å². The lowest BCUT2D eigenvalue weighted by Crippen LogP contribution is -2.41. The Kier molecular flexibility index (Phi) is 3.05. The highest BCUT2D eigenvalue weighted by molar-refractivity contribution is 5.76. The Hall–Kier alpha value is -1.78. The summed E-state index contributed by atoms with van der Waals surface area (Å²) < 4.78 is 1.36. The third-order valence-corrected chi connectivity index (χ3v) is 3.91. The molecule has 2 aliphatic carbocycles. The second-order valence-corrected chi connectivity index (χ2v) is 5.70. The summed E-state index contributed by atoms with van der Waals surface area (Å²) >= 11 is 0. The zero-order valence-corrected chi connectivity index (χ0v) is 10.8. The number of nitrogens with two attached hydrogens (primary N) is 1. The van der Waals surface area contributed by atoms with E-state index >= 15 is 0 Å². The van der Waals surface area contributed by atoms with Crippen LogP contribution in [0.15, 0.2) is 23.1 Å². The quantitative estimate of drug-likeness (QED) is 0.820. The van der Waals surface area contributed by atoms with Crippen LogP contribution in [0.3, 0.4) is 0 Å². The fraction of sp³-hybridized carbons (Fsp3) is 0.571. The zero-order valence-electron chi connectivity index (χ0n) is 10.8. The molecule has 0 aromatic carbocycles. The fourth-order valence-electron chi connectivity index (χ4n) is 2.59. The number of nitrogens with one attached hydrogen (secondary N) is 1. The maximum absolute atomic E-state index is 12.0. The summed E-state index contributed by atoms with van der Waals surface area (Å²) in [5.41, 5.74) is 5.93. The van der Waals surface area contributed by atoms with Gasteiger partial charge in [0.25, 0.3) is 5.56 Å². The Morgan fingerprint density at radius 1 is 1.32 bits per heavy atom. The molecule has 102 valence electrons. The molecule has 0 aliphatic heterocycles. The summed E-state index contributed by atoms with van der Waals surface area (Å²) in [4.78, 5) is 23.7. The summed E-state index contributed by atoms with van der Waals surface area (Å²) in [6, 6.07) is 3.26. The molecule has 1 aromatic heterocycles. The molecular formula is C14H19N3O2. The molecular weight excluding hydrogens is 242 g/mol. The van der Waals surface area contributed by atoms with Gasteiger partial charge in [0.15, 0.2) is 0 Å². The van der Waals surface area contributed by atoms with Crippen molar-refractivity contribution in [2.75, 3.05) is 5.73 Å². The first kappa shape index (κ1) is 12.3. The van der Waals surface area contributed by atoms with Crippen LogP contribution in [-0.2, 0) is 11.3 Å². The van der Waals surface area contributed by atoms with E-state index < -0.39 is 0 Å². The van der Waals surface area contributed by atoms with E-state index in [-0.39, 0.29) is 18.0 Å². The molecule has 2 aliphatic rings. The molecule has 3 rings (SSSR count). The highest BCUT2D eigenvalue weighted by atomic mass is 16.2. The first-order valence-electron chi connectivity index (χ1n) is 6.89. The predicted octanol–water partition coefficient (Wildman–Crippen LogP) is 0.735. The second kappa shape index (κ2) is 4.72. The molecule has 19 heavy (non-hydrogen) atoms. The van der Waals surface area contributed by atoms with Gasteiger partial charge in [-0.3, -0.25) is 9.59 Å². The van der Waals surface area contributed by atoms with Gasteiger partial charge >= 0.3 is 0 Å². The molecule has 2 saturated carbocycles. The largest absolute Gasteiger partial charge is 0.398 e. The molecule has 5 nitrogen and oxygen atoms in total. The van der Waals surface area contributed by atoms with Crippen LogP contribution in [0.4, 0.5) is 5.69 Å². The van der Waals surface area contributed by atoms with Gasteiger partial charge < -0.3 is 15.6 Å². The standard InChI is InChI=1S/C14H19N3O2/c15-11-5-6-13(19)17(7-11)8-12(18)16-14(9-1-2-9)10-3-4-10/h5-7,9-10,14H,1-4,8,15H2,(H,16,18). The van der Waals surface area contributed by atoms with Crippen LogP contribution in [0.5, 0.6) is 0 Å². The number of hydrogen-bond donors (Lipinski definition) is 2. The lowest BCUT2D eigenvalue weighted by atomic mass is 10.1. The van der Waals surface area contributed by atoms with Crippen molar-refractivity contribution in [1.82, 2.24) is 9.88 Å². The van der Waals surface area contributed by atoms with Gasteiger partial charge in [0.2, 0.25) is 5.91 Å². The summed E-state index contributed by atoms with van der Waals surface area (Å²) in [5.74, 6) is 1.24. The number of rotatable bonds is 5. The Morgan fingerprint density at radius 3 is 2.53 bits per heavy atom. The van der Waals surface area contributed by atoms with Gasteiger partial charge in [-0.15, -0.1) is 0 Å². The Balaban J connectivity index is 1.64. The molecule has 0 saturated heterocycles. The summed E-state index contributed by atoms with van der Waals surface area (Å²) in [5, 5.41) is 3.10. The average molecular weight is 261 g/mol. The van der Waals surface area contributed by atoms with Crippen molar-refractivity contribution in [3.8, 4) is 0 Å². The Labute approximate surface area is 111 Å². The monoisotopic (exact) mass is 261 g/mol. The molecule has 0 bridgehead atoms. The van der Waals surface area contributed by atoms with Gasteiger partial charge in [-0.05, 0) is 43.6 Å². The van der Waals surface area contributed by atoms with Crippen molar-refractivity contribution in [2.24, 2.45) is 11.8 Å². The van der Waals surface area contributed by atoms with Gasteiger partial charge in [-0.2, -0.15) is 0 Å². The van der Waals surface area contributed by atoms with Gasteiger partial charge in [0.1, 0.15) is 6.54 Å². The topological polar surface area (TPSA) is 77.1 Å². The van der Waals surface area contributed by atoms with Crippen molar-refractivity contribution in [1.29, 1.82) is 0 Å². The normalized spacial score (nSPS) is 18.6. The van der Waals surface area contributed by atoms with Gasteiger partial charge in [-0.25, -0.2) is 0 Å². The summed E-state index contributed by atoms with van der Waals surface area (Å²) in [6.07, 6.45) is 6.41. The number of carbonyl (C=O) groups excluding carboxylic acids is 1. The maximum Gasteiger partial charge on any atom is 0.251 e. The number of hydrogen-bond acceptors (Lipinski definition) is 3. The molecule has 5 heteroatoms. The third-order valence-electron chi connectivity index (χ3n) is 3.91. The Morgan fingerprint density at radius 2 is 1.95 bits per heavy atom. The molecule has 3 N–H and O–H groups in total. The van der Waals surface area contributed by atoms with E-state index in [0.717, 1.165) is 0 Å². The number of nitrogens with zero attached hydrogens (tertiary/aromatic N) is 1. The van der Waals surface area contributed by atoms with E-state index in [1.54, 1.807) is 6.07 Å². The fourth-order valence-corrected chi connectivity index (χ4v) is 2.59. The average Bonchev–Trinajstić information content (AvgIpc) is 3.25. The molecule has 2 fully saturated rings. The summed E-state index contributed by atoms with van der Waals surface area (Å²) in [7, 11) is 0. The van der Waals surface area contributed by atoms with Gasteiger partial charge in [0, 0.05) is 24.0 Å². The van der Waals surface area contributed by atoms with Crippen LogP contribution in [0.25, 0.3) is 0 Å². The third kappa shape index (κ3) is 2.97. The second-order valence-electron chi connectivity index (χ2n) is 5.70. The molecule has 0 atom stereocenters. The number of pyridine rings is 1. The molecule has 1 heterocycles. The first-order chi connectivity index (χ1) is 9.13. The van der Waals surface area contributed by atoms with E-state index in [2.05, 4.69) is 5.32 Å². The van der Waals surface area contributed by atoms with E-state index in [4.69, 9.17) is 5.73 Å². The molecule has 0 unspecified atom stereocenters. The van der Waals surface area contributed by atoms with E-state index in [1.807, 2.05) is 0 Å². The minimum atomic E-state index is -0.196. The molecule has 1 amide bonds. The van der Waals surface area contributed by atoms with Crippen LogP contribution in [0, 0.1) is 11.8 Å². The van der Waals surface area contributed by atoms with Crippen molar-refractivity contribution in [2.45, 2.75) is 38.3 Å². The smallest absolute Gasteiger partial charge is 0.251 e. The van der Waals surface area contributed by atoms with Crippen molar-refractivity contribution in [3.05, 3.63) is 28.7 Å². The van der Waals surface area contributed by atoms with Crippen LogP contribution < -0.4 is 16.6 Å². The number of aromatic nitrogens is 1. The van der Waals surface area contributed by atoms with Gasteiger partial charge in [-0.1, -0.05) is 0 Å². The highest BCUT2D eigenvalue weighted by Gasteiger charge is 2.42. The minimum Gasteiger partial charge on any atom is -0.398 e. The lowest BCUT2D eigenvalue weighted by molar-refractivity contribution is -0.122. The summed E-state index contributed by atoms with van der Waals surface area (Å²) in [6.45, 7) is 0.0554. The van der Waals surface area contributed by atoms with Crippen molar-refractivity contribution in [3.63, 3.8) is 0 Å². The zero-order chi connectivity index (χ0) is 13.4. The minimum absolute atomic E-state index is 0.0554. The number of carbonyl (C=O) groups is 1. The number of amides is 1. The van der Waals surface area contributed by atoms with Crippen LogP contribution in [0.2, 0.25) is 0 Å². The van der Waals surface area contributed by atoms with Crippen LogP contribution >= 0.6 is 0 Å². The number of nitrogen functional groups attached to an aromatic ring is 1. The Bertz CT molecular complexity index is 532. The molecule has 0 radical (unpaired) electrons. The SMILES string of the molecule is Nc1ccc(=O)n(CC(=O)NC(C2CC2)C2CC2)c1. The number of anilines is 1. The molecule has 0 spiro atoms. The first-order valence-corrected chi connectivity index (χ1v) is 6.89. The van der Waals surface area contributed by atoms with Crippen molar-refractivity contribution < 1.29 is 4.79 Å². The van der Waals surface area contributed by atoms with Crippen LogP contribution in [-0.4, -0.2) is 16.5 Å². The van der Waals surface area contributed by atoms with Gasteiger partial charge in [0.05, 0.1) is 0 Å². The predicted molar refractivity (Wildman–Crippen MR) is 72.5 cm³/mol. The lowest BCUT2D eigenvalue weighted by Gasteiger charge is -2.18. The van der Waals surface area contributed by atoms with E-state index in [1.165, 1.54) is 42.5 Å². The van der Waals surface area contributed by atoms with Crippen molar-refractivity contribution >= 4 is 11.6 Å². The maximum atomic E-state index is 12.0. The molecule has 1 aromatic rings. The highest BCUT2D eigenvalue weighted by Crippen LogP contribution is 2.44.